The molecule has 0 saturated heterocycles. The summed E-state index contributed by atoms with van der Waals surface area (Å²) in [6.45, 7) is 2.61. The van der Waals surface area contributed by atoms with Crippen molar-refractivity contribution in [2.24, 2.45) is 5.92 Å². The Morgan fingerprint density at radius 2 is 2.18 bits per heavy atom. The van der Waals surface area contributed by atoms with E-state index in [1.807, 2.05) is 6.92 Å². The number of carbonyl (C=O) groups is 1. The van der Waals surface area contributed by atoms with Gasteiger partial charge in [0.1, 0.15) is 0 Å². The number of aromatic nitrogens is 1. The predicted octanol–water partition coefficient (Wildman–Crippen LogP) is 3.24. The van der Waals surface area contributed by atoms with Crippen LogP contribution in [0.25, 0.3) is 0 Å². The lowest BCUT2D eigenvalue weighted by Gasteiger charge is -2.10. The molecule has 1 saturated carbocycles. The van der Waals surface area contributed by atoms with Crippen LogP contribution in [0, 0.1) is 5.92 Å². The molecule has 92 valence electrons. The zero-order valence-corrected chi connectivity index (χ0v) is 10.3. The third-order valence-corrected chi connectivity index (χ3v) is 3.32. The van der Waals surface area contributed by atoms with E-state index in [9.17, 15) is 4.79 Å². The normalized spacial score (nSPS) is 16.1. The first-order valence-electron chi connectivity index (χ1n) is 6.41. The number of hydrogen-bond acceptors (Lipinski definition) is 3. The number of carbonyl (C=O) groups excluding carboxylic acids is 1. The van der Waals surface area contributed by atoms with Crippen molar-refractivity contribution in [1.29, 1.82) is 0 Å². The first-order chi connectivity index (χ1) is 8.29. The van der Waals surface area contributed by atoms with Crippen LogP contribution in [-0.2, 0) is 0 Å². The minimum atomic E-state index is 0.125. The van der Waals surface area contributed by atoms with E-state index in [-0.39, 0.29) is 5.78 Å². The molecule has 0 aromatic carbocycles. The fraction of sp³-hybridized carbons (Fsp3) is 0.571. The topological polar surface area (TPSA) is 39.2 Å². The van der Waals surface area contributed by atoms with Gasteiger partial charge in [0.25, 0.3) is 0 Å². The molecule has 17 heavy (non-hydrogen) atoms. The molecular formula is C14H19NO2. The van der Waals surface area contributed by atoms with Gasteiger partial charge in [-0.15, -0.1) is 0 Å². The maximum absolute atomic E-state index is 11.4. The van der Waals surface area contributed by atoms with Crippen molar-refractivity contribution in [2.75, 3.05) is 6.61 Å². The first-order valence-corrected chi connectivity index (χ1v) is 6.41. The molecule has 2 rings (SSSR count). The molecule has 1 aromatic rings. The van der Waals surface area contributed by atoms with Crippen molar-refractivity contribution in [3.8, 4) is 5.88 Å². The molecule has 1 aliphatic carbocycles. The summed E-state index contributed by atoms with van der Waals surface area (Å²) < 4.78 is 5.64. The second-order valence-electron chi connectivity index (χ2n) is 4.62. The van der Waals surface area contributed by atoms with Gasteiger partial charge < -0.3 is 4.74 Å². The smallest absolute Gasteiger partial charge is 0.213 e. The third-order valence-electron chi connectivity index (χ3n) is 3.32. The number of ether oxygens (including phenoxy) is 1. The Bertz CT molecular complexity index is 366. The Kier molecular flexibility index (Phi) is 4.13. The molecular weight excluding hydrogens is 214 g/mol. The molecule has 0 atom stereocenters. The minimum Gasteiger partial charge on any atom is -0.477 e. The van der Waals surface area contributed by atoms with E-state index in [4.69, 9.17) is 4.74 Å². The number of nitrogens with zero attached hydrogens (tertiary/aromatic N) is 1. The van der Waals surface area contributed by atoms with Crippen molar-refractivity contribution >= 4 is 5.78 Å². The summed E-state index contributed by atoms with van der Waals surface area (Å²) in [7, 11) is 0. The van der Waals surface area contributed by atoms with E-state index >= 15 is 0 Å². The fourth-order valence-electron chi connectivity index (χ4n) is 2.22. The summed E-state index contributed by atoms with van der Waals surface area (Å²) in [4.78, 5) is 15.6. The summed E-state index contributed by atoms with van der Waals surface area (Å²) in [6, 6.07) is 3.58. The molecule has 0 unspecified atom stereocenters. The van der Waals surface area contributed by atoms with Gasteiger partial charge in [0.2, 0.25) is 5.88 Å². The van der Waals surface area contributed by atoms with Crippen molar-refractivity contribution in [3.05, 3.63) is 23.9 Å². The van der Waals surface area contributed by atoms with Crippen LogP contribution < -0.4 is 4.74 Å². The molecule has 3 nitrogen and oxygen atoms in total. The molecule has 0 spiro atoms. The zero-order valence-electron chi connectivity index (χ0n) is 10.3. The van der Waals surface area contributed by atoms with Crippen LogP contribution in [0.15, 0.2) is 18.3 Å². The number of ketones is 1. The van der Waals surface area contributed by atoms with Crippen molar-refractivity contribution < 1.29 is 9.53 Å². The van der Waals surface area contributed by atoms with Gasteiger partial charge in [-0.1, -0.05) is 19.8 Å². The Labute approximate surface area is 102 Å². The van der Waals surface area contributed by atoms with Gasteiger partial charge in [0, 0.05) is 24.2 Å². The quantitative estimate of drug-likeness (QED) is 0.733. The van der Waals surface area contributed by atoms with Gasteiger partial charge in [-0.05, 0) is 24.8 Å². The standard InChI is InChI=1S/C14H19NO2/c1-2-13(16)12-7-8-14(15-9-12)17-10-11-5-3-4-6-11/h7-9,11H,2-6,10H2,1H3. The molecule has 0 bridgehead atoms. The van der Waals surface area contributed by atoms with Gasteiger partial charge in [0.05, 0.1) is 6.61 Å². The van der Waals surface area contributed by atoms with Gasteiger partial charge in [-0.3, -0.25) is 4.79 Å². The fourth-order valence-corrected chi connectivity index (χ4v) is 2.22. The van der Waals surface area contributed by atoms with E-state index in [1.54, 1.807) is 18.3 Å². The highest BCUT2D eigenvalue weighted by Gasteiger charge is 2.15. The van der Waals surface area contributed by atoms with Crippen LogP contribution in [-0.4, -0.2) is 17.4 Å². The van der Waals surface area contributed by atoms with Gasteiger partial charge >= 0.3 is 0 Å². The summed E-state index contributed by atoms with van der Waals surface area (Å²) in [6.07, 6.45) is 7.31. The molecule has 0 radical (unpaired) electrons. The maximum Gasteiger partial charge on any atom is 0.213 e. The highest BCUT2D eigenvalue weighted by atomic mass is 16.5. The number of Topliss-reactive ketones (excluding diaryl/α,β-unsaturated/α-hetero) is 1. The average Bonchev–Trinajstić information content (AvgIpc) is 2.89. The van der Waals surface area contributed by atoms with E-state index in [2.05, 4.69) is 4.98 Å². The van der Waals surface area contributed by atoms with Crippen LogP contribution >= 0.6 is 0 Å². The van der Waals surface area contributed by atoms with E-state index in [0.29, 0.717) is 23.8 Å². The number of pyridine rings is 1. The van der Waals surface area contributed by atoms with Crippen LogP contribution in [0.4, 0.5) is 0 Å². The van der Waals surface area contributed by atoms with Crippen molar-refractivity contribution in [1.82, 2.24) is 4.98 Å². The predicted molar refractivity (Wildman–Crippen MR) is 66.3 cm³/mol. The van der Waals surface area contributed by atoms with Crippen molar-refractivity contribution in [2.45, 2.75) is 39.0 Å². The average molecular weight is 233 g/mol. The van der Waals surface area contributed by atoms with E-state index < -0.39 is 0 Å². The van der Waals surface area contributed by atoms with Gasteiger partial charge in [-0.25, -0.2) is 4.98 Å². The molecule has 0 aliphatic heterocycles. The molecule has 3 heteroatoms. The van der Waals surface area contributed by atoms with Crippen LogP contribution in [0.3, 0.4) is 0 Å². The van der Waals surface area contributed by atoms with Crippen LogP contribution in [0.5, 0.6) is 5.88 Å². The molecule has 1 aromatic heterocycles. The number of rotatable bonds is 5. The van der Waals surface area contributed by atoms with Crippen LogP contribution in [0.2, 0.25) is 0 Å². The highest BCUT2D eigenvalue weighted by molar-refractivity contribution is 5.95. The second-order valence-corrected chi connectivity index (χ2v) is 4.62. The SMILES string of the molecule is CCC(=O)c1ccc(OCC2CCCC2)nc1. The summed E-state index contributed by atoms with van der Waals surface area (Å²) in [5.74, 6) is 1.44. The monoisotopic (exact) mass is 233 g/mol. The largest absolute Gasteiger partial charge is 0.477 e. The zero-order chi connectivity index (χ0) is 12.1. The van der Waals surface area contributed by atoms with Gasteiger partial charge in [-0.2, -0.15) is 0 Å². The van der Waals surface area contributed by atoms with Crippen molar-refractivity contribution in [3.63, 3.8) is 0 Å². The second kappa shape index (κ2) is 5.80. The summed E-state index contributed by atoms with van der Waals surface area (Å²) >= 11 is 0. The minimum absolute atomic E-state index is 0.125. The van der Waals surface area contributed by atoms with Crippen LogP contribution in [0.1, 0.15) is 49.4 Å². The summed E-state index contributed by atoms with van der Waals surface area (Å²) in [5, 5.41) is 0. The first kappa shape index (κ1) is 12.1. The molecule has 1 fully saturated rings. The molecule has 1 heterocycles. The number of hydrogen-bond donors (Lipinski definition) is 0. The molecule has 0 N–H and O–H groups in total. The lowest BCUT2D eigenvalue weighted by atomic mass is 10.1. The van der Waals surface area contributed by atoms with E-state index in [0.717, 1.165) is 6.61 Å². The Morgan fingerprint density at radius 3 is 2.76 bits per heavy atom. The Balaban J connectivity index is 1.87. The summed E-state index contributed by atoms with van der Waals surface area (Å²) in [5.41, 5.74) is 0.667. The Morgan fingerprint density at radius 1 is 1.41 bits per heavy atom. The molecule has 1 aliphatic rings. The third kappa shape index (κ3) is 3.29. The van der Waals surface area contributed by atoms with Gasteiger partial charge in [0.15, 0.2) is 5.78 Å². The lowest BCUT2D eigenvalue weighted by molar-refractivity contribution is 0.0987. The molecule has 0 amide bonds. The highest BCUT2D eigenvalue weighted by Crippen LogP contribution is 2.25. The Hall–Kier alpha value is -1.38. The lowest BCUT2D eigenvalue weighted by Crippen LogP contribution is -2.09. The van der Waals surface area contributed by atoms with E-state index in [1.165, 1.54) is 25.7 Å². The maximum atomic E-state index is 11.4.